The van der Waals surface area contributed by atoms with Crippen LogP contribution in [-0.2, 0) is 6.18 Å². The van der Waals surface area contributed by atoms with Crippen molar-refractivity contribution in [1.29, 1.82) is 0 Å². The molecule has 2 atom stereocenters. The predicted octanol–water partition coefficient (Wildman–Crippen LogP) is 5.22. The summed E-state index contributed by atoms with van der Waals surface area (Å²) in [5, 5.41) is 3.83. The maximum atomic E-state index is 13.5. The van der Waals surface area contributed by atoms with Gasteiger partial charge >= 0.3 is 6.18 Å². The summed E-state index contributed by atoms with van der Waals surface area (Å²) >= 11 is 0.653. The van der Waals surface area contributed by atoms with Gasteiger partial charge in [-0.15, -0.1) is 0 Å². The van der Waals surface area contributed by atoms with Crippen molar-refractivity contribution in [3.8, 4) is 5.75 Å². The average molecular weight is 602 g/mol. The highest BCUT2D eigenvalue weighted by Gasteiger charge is 2.45. The number of nitrogens with two attached hydrogens (primary N) is 2. The van der Waals surface area contributed by atoms with E-state index in [2.05, 4.69) is 39.3 Å². The zero-order valence-corrected chi connectivity index (χ0v) is 24.3. The molecule has 3 heterocycles. The van der Waals surface area contributed by atoms with Gasteiger partial charge in [0.2, 0.25) is 0 Å². The van der Waals surface area contributed by atoms with Crippen molar-refractivity contribution in [3.05, 3.63) is 59.5 Å². The van der Waals surface area contributed by atoms with Gasteiger partial charge in [-0.3, -0.25) is 9.78 Å². The molecule has 0 bridgehead atoms. The van der Waals surface area contributed by atoms with Gasteiger partial charge in [0.05, 0.1) is 7.11 Å². The van der Waals surface area contributed by atoms with Crippen molar-refractivity contribution in [2.75, 3.05) is 30.8 Å². The Balaban J connectivity index is 1.32. The first-order chi connectivity index (χ1) is 20.0. The molecule has 1 amide bonds. The van der Waals surface area contributed by atoms with Crippen molar-refractivity contribution in [1.82, 2.24) is 20.3 Å². The monoisotopic (exact) mass is 601 g/mol. The maximum Gasteiger partial charge on any atom is 0.434 e. The van der Waals surface area contributed by atoms with E-state index in [0.717, 1.165) is 44.1 Å². The zero-order chi connectivity index (χ0) is 30.1. The van der Waals surface area contributed by atoms with Gasteiger partial charge in [0.15, 0.2) is 23.0 Å². The molecule has 2 aliphatic rings. The molecule has 13 heteroatoms. The van der Waals surface area contributed by atoms with E-state index in [1.165, 1.54) is 17.7 Å². The molecule has 1 aliphatic carbocycles. The summed E-state index contributed by atoms with van der Waals surface area (Å²) in [5.41, 5.74) is 12.0. The number of anilines is 2. The normalized spacial score (nSPS) is 19.2. The molecular weight excluding hydrogens is 567 g/mol. The number of benzene rings is 1. The number of alkyl halides is 3. The lowest BCUT2D eigenvalue weighted by molar-refractivity contribution is -0.143. The second-order valence-electron chi connectivity index (χ2n) is 10.9. The van der Waals surface area contributed by atoms with E-state index in [0.29, 0.717) is 30.9 Å². The highest BCUT2D eigenvalue weighted by atomic mass is 32.2. The molecule has 9 nitrogen and oxygen atoms in total. The van der Waals surface area contributed by atoms with E-state index in [4.69, 9.17) is 16.2 Å². The van der Waals surface area contributed by atoms with Gasteiger partial charge < -0.3 is 26.4 Å². The Kier molecular flexibility index (Phi) is 8.51. The Morgan fingerprint density at radius 3 is 2.52 bits per heavy atom. The summed E-state index contributed by atoms with van der Waals surface area (Å²) in [5.74, 6) is 0.182. The summed E-state index contributed by atoms with van der Waals surface area (Å²) in [7, 11) is 1.65. The van der Waals surface area contributed by atoms with Crippen molar-refractivity contribution in [2.24, 2.45) is 11.1 Å². The Hall–Kier alpha value is -3.58. The van der Waals surface area contributed by atoms with Gasteiger partial charge in [-0.2, -0.15) is 13.2 Å². The first-order valence-corrected chi connectivity index (χ1v) is 14.6. The number of ether oxygens (including phenoxy) is 1. The van der Waals surface area contributed by atoms with Crippen LogP contribution < -0.4 is 26.4 Å². The Labute approximate surface area is 246 Å². The van der Waals surface area contributed by atoms with E-state index < -0.39 is 17.8 Å². The number of carbonyl (C=O) groups is 1. The van der Waals surface area contributed by atoms with E-state index >= 15 is 0 Å². The Morgan fingerprint density at radius 1 is 1.17 bits per heavy atom. The molecule has 5 N–H and O–H groups in total. The van der Waals surface area contributed by atoms with Crippen LogP contribution in [0.25, 0.3) is 0 Å². The van der Waals surface area contributed by atoms with Gasteiger partial charge in [-0.1, -0.05) is 30.3 Å². The number of nitrogens with zero attached hydrogens (tertiary/aromatic N) is 4. The van der Waals surface area contributed by atoms with Crippen molar-refractivity contribution < 1.29 is 22.7 Å². The van der Waals surface area contributed by atoms with E-state index in [9.17, 15) is 18.0 Å². The molecule has 3 aromatic rings. The third kappa shape index (κ3) is 6.12. The Morgan fingerprint density at radius 2 is 1.88 bits per heavy atom. The molecule has 5 rings (SSSR count). The van der Waals surface area contributed by atoms with Crippen molar-refractivity contribution >= 4 is 29.3 Å². The predicted molar refractivity (Wildman–Crippen MR) is 154 cm³/mol. The van der Waals surface area contributed by atoms with E-state index in [-0.39, 0.29) is 38.7 Å². The summed E-state index contributed by atoms with van der Waals surface area (Å²) in [4.78, 5) is 26.4. The number of rotatable bonds is 8. The third-order valence-electron chi connectivity index (χ3n) is 8.38. The second kappa shape index (κ2) is 12.0. The molecule has 1 aliphatic heterocycles. The minimum atomic E-state index is -4.67. The molecule has 2 fully saturated rings. The van der Waals surface area contributed by atoms with Crippen LogP contribution in [0.4, 0.5) is 24.8 Å². The van der Waals surface area contributed by atoms with Crippen LogP contribution in [0.15, 0.2) is 52.5 Å². The van der Waals surface area contributed by atoms with Crippen molar-refractivity contribution in [3.63, 3.8) is 0 Å². The highest BCUT2D eigenvalue weighted by molar-refractivity contribution is 7.99. The van der Waals surface area contributed by atoms with Crippen LogP contribution in [-0.4, -0.2) is 47.1 Å². The summed E-state index contributed by atoms with van der Waals surface area (Å²) < 4.78 is 45.7. The number of pyridine rings is 1. The molecule has 2 unspecified atom stereocenters. The summed E-state index contributed by atoms with van der Waals surface area (Å²) in [6.45, 7) is 3.41. The molecule has 1 aromatic carbocycles. The number of nitrogens with one attached hydrogen (secondary N) is 1. The van der Waals surface area contributed by atoms with Gasteiger partial charge in [0.1, 0.15) is 10.8 Å². The minimum Gasteiger partial charge on any atom is -0.497 e. The lowest BCUT2D eigenvalue weighted by Gasteiger charge is -2.44. The van der Waals surface area contributed by atoms with Gasteiger partial charge in [-0.05, 0) is 67.9 Å². The minimum absolute atomic E-state index is 0.0351. The quantitative estimate of drug-likeness (QED) is 0.318. The number of amides is 1. The van der Waals surface area contributed by atoms with Crippen LogP contribution in [0.1, 0.15) is 66.8 Å². The third-order valence-corrected chi connectivity index (χ3v) is 9.43. The van der Waals surface area contributed by atoms with Crippen LogP contribution in [0.2, 0.25) is 0 Å². The Bertz CT molecular complexity index is 1430. The fraction of sp³-hybridized carbons (Fsp3) is 0.448. The number of nitrogen functional groups attached to an aromatic ring is 1. The molecule has 2 aromatic heterocycles. The second-order valence-corrected chi connectivity index (χ2v) is 11.9. The fourth-order valence-corrected chi connectivity index (χ4v) is 7.03. The van der Waals surface area contributed by atoms with Crippen LogP contribution in [0, 0.1) is 5.41 Å². The molecule has 1 saturated carbocycles. The number of hydrogen-bond acceptors (Lipinski definition) is 9. The largest absolute Gasteiger partial charge is 0.497 e. The highest BCUT2D eigenvalue weighted by Crippen LogP contribution is 2.48. The fourth-order valence-electron chi connectivity index (χ4n) is 6.13. The lowest BCUT2D eigenvalue weighted by atomic mass is 9.73. The smallest absolute Gasteiger partial charge is 0.434 e. The zero-order valence-electron chi connectivity index (χ0n) is 23.4. The van der Waals surface area contributed by atoms with Gasteiger partial charge in [0, 0.05) is 36.3 Å². The number of carbonyl (C=O) groups excluding carboxylic acids is 1. The molecule has 1 saturated heterocycles. The van der Waals surface area contributed by atoms with Gasteiger partial charge in [-0.25, -0.2) is 9.97 Å². The number of piperidine rings is 1. The van der Waals surface area contributed by atoms with Gasteiger partial charge in [0.25, 0.3) is 5.91 Å². The van der Waals surface area contributed by atoms with E-state index in [1.807, 2.05) is 17.0 Å². The van der Waals surface area contributed by atoms with Crippen LogP contribution >= 0.6 is 11.8 Å². The standard InChI is InChI=1S/C29H34F3N7O2S/c1-17(18-7-9-19(41-2)10-8-18)36-21-6-3-11-28(21)12-15-39(16-13-28)26-22(25(34)40)37-27(24(33)38-26)42-20-5-4-14-35-23(20)29(30,31)32/h4-5,7-10,14,17,21,36H,3,6,11-13,15-16H2,1-2H3,(H2,33,38)(H2,34,40). The first-order valence-electron chi connectivity index (χ1n) is 13.8. The SMILES string of the molecule is COc1ccc(C(C)NC2CCCC23CCN(c2nc(N)c(Sc4cccnc4C(F)(F)F)nc2C(N)=O)CC3)cc1. The average Bonchev–Trinajstić information content (AvgIpc) is 3.34. The number of hydrogen-bond donors (Lipinski definition) is 3. The molecule has 1 spiro atoms. The molecule has 42 heavy (non-hydrogen) atoms. The maximum absolute atomic E-state index is 13.5. The topological polar surface area (TPSA) is 132 Å². The number of aromatic nitrogens is 3. The number of halogens is 3. The van der Waals surface area contributed by atoms with E-state index in [1.54, 1.807) is 7.11 Å². The van der Waals surface area contributed by atoms with Crippen LogP contribution in [0.3, 0.4) is 0 Å². The molecule has 0 radical (unpaired) electrons. The lowest BCUT2D eigenvalue weighted by Crippen LogP contribution is -2.49. The number of primary amides is 1. The van der Waals surface area contributed by atoms with Crippen molar-refractivity contribution in [2.45, 2.75) is 67.2 Å². The summed E-state index contributed by atoms with van der Waals surface area (Å²) in [6.07, 6.45) is 1.47. The summed E-state index contributed by atoms with van der Waals surface area (Å²) in [6, 6.07) is 11.3. The molecular formula is C29H34F3N7O2S. The number of methoxy groups -OCH3 is 1. The van der Waals surface area contributed by atoms with Crippen LogP contribution in [0.5, 0.6) is 5.75 Å². The molecule has 224 valence electrons. The first kappa shape index (κ1) is 29.9.